The second-order valence-corrected chi connectivity index (χ2v) is 4.81. The summed E-state index contributed by atoms with van der Waals surface area (Å²) in [6.07, 6.45) is -0.446. The van der Waals surface area contributed by atoms with Crippen molar-refractivity contribution in [3.63, 3.8) is 0 Å². The second kappa shape index (κ2) is 7.15. The lowest BCUT2D eigenvalue weighted by Crippen LogP contribution is -2.34. The first-order valence-corrected chi connectivity index (χ1v) is 6.33. The van der Waals surface area contributed by atoms with E-state index in [1.807, 2.05) is 0 Å². The van der Waals surface area contributed by atoms with E-state index in [-0.39, 0.29) is 12.5 Å². The van der Waals surface area contributed by atoms with Crippen molar-refractivity contribution in [2.24, 2.45) is 0 Å². The van der Waals surface area contributed by atoms with Crippen LogP contribution in [0.3, 0.4) is 0 Å². The Balaban J connectivity index is 2.61. The fourth-order valence-electron chi connectivity index (χ4n) is 1.18. The largest absolute Gasteiger partial charge is 0.354 e. The predicted molar refractivity (Wildman–Crippen MR) is 74.3 cm³/mol. The van der Waals surface area contributed by atoms with E-state index in [1.54, 1.807) is 18.2 Å². The summed E-state index contributed by atoms with van der Waals surface area (Å²) in [7, 11) is 3.03. The summed E-state index contributed by atoms with van der Waals surface area (Å²) in [4.78, 5) is 11.8. The van der Waals surface area contributed by atoms with Gasteiger partial charge < -0.3 is 14.8 Å². The van der Waals surface area contributed by atoms with Gasteiger partial charge in [0.05, 0.1) is 11.6 Å². The first-order chi connectivity index (χ1) is 8.08. The van der Waals surface area contributed by atoms with Gasteiger partial charge in [-0.3, -0.25) is 4.79 Å². The van der Waals surface area contributed by atoms with Crippen molar-refractivity contribution in [3.05, 3.63) is 32.4 Å². The molecule has 0 bridgehead atoms. The van der Waals surface area contributed by atoms with Gasteiger partial charge in [-0.25, -0.2) is 0 Å². The Labute approximate surface area is 119 Å². The Hall–Kier alpha value is -0.370. The molecule has 0 spiro atoms. The molecule has 0 atom stereocenters. The fourth-order valence-corrected chi connectivity index (χ4v) is 1.69. The minimum Gasteiger partial charge on any atom is -0.354 e. The molecule has 1 aromatic rings. The molecule has 0 aliphatic rings. The van der Waals surface area contributed by atoms with Crippen molar-refractivity contribution >= 4 is 40.1 Å². The van der Waals surface area contributed by atoms with E-state index in [4.69, 9.17) is 21.1 Å². The van der Waals surface area contributed by atoms with Crippen LogP contribution >= 0.6 is 34.2 Å². The van der Waals surface area contributed by atoms with Gasteiger partial charge in [-0.15, -0.1) is 0 Å². The minimum atomic E-state index is -0.446. The van der Waals surface area contributed by atoms with Crippen LogP contribution in [-0.2, 0) is 9.47 Å². The molecule has 1 aromatic carbocycles. The lowest BCUT2D eigenvalue weighted by molar-refractivity contribution is -0.0974. The molecule has 94 valence electrons. The van der Waals surface area contributed by atoms with Crippen LogP contribution in [0.15, 0.2) is 18.2 Å². The van der Waals surface area contributed by atoms with Gasteiger partial charge in [0.25, 0.3) is 5.91 Å². The number of nitrogens with one attached hydrogen (secondary N) is 1. The van der Waals surface area contributed by atoms with E-state index in [0.717, 1.165) is 3.57 Å². The zero-order valence-corrected chi connectivity index (χ0v) is 12.4. The molecule has 1 amide bonds. The molecule has 1 rings (SSSR count). The molecule has 0 fully saturated rings. The molecule has 0 unspecified atom stereocenters. The minimum absolute atomic E-state index is 0.206. The first-order valence-electron chi connectivity index (χ1n) is 4.87. The number of amides is 1. The van der Waals surface area contributed by atoms with Crippen LogP contribution in [0.25, 0.3) is 0 Å². The summed E-state index contributed by atoms with van der Waals surface area (Å²) >= 11 is 8.04. The second-order valence-electron chi connectivity index (χ2n) is 3.24. The molecule has 6 heteroatoms. The topological polar surface area (TPSA) is 47.6 Å². The number of hydrogen-bond donors (Lipinski definition) is 1. The summed E-state index contributed by atoms with van der Waals surface area (Å²) in [5.41, 5.74) is 0.515. The van der Waals surface area contributed by atoms with Crippen LogP contribution in [0.4, 0.5) is 0 Å². The molecule has 0 aromatic heterocycles. The molecule has 0 saturated heterocycles. The van der Waals surface area contributed by atoms with Gasteiger partial charge in [0.2, 0.25) is 0 Å². The van der Waals surface area contributed by atoms with Gasteiger partial charge in [-0.05, 0) is 40.8 Å². The number of carbonyl (C=O) groups is 1. The van der Waals surface area contributed by atoms with Gasteiger partial charge in [-0.2, -0.15) is 0 Å². The van der Waals surface area contributed by atoms with Crippen LogP contribution in [0, 0.1) is 3.57 Å². The van der Waals surface area contributed by atoms with Gasteiger partial charge in [0.15, 0.2) is 6.29 Å². The number of methoxy groups -OCH3 is 2. The molecule has 1 N–H and O–H groups in total. The van der Waals surface area contributed by atoms with Crippen molar-refractivity contribution in [1.82, 2.24) is 5.32 Å². The highest BCUT2D eigenvalue weighted by atomic mass is 127. The number of benzene rings is 1. The van der Waals surface area contributed by atoms with Crippen molar-refractivity contribution in [2.75, 3.05) is 20.8 Å². The van der Waals surface area contributed by atoms with E-state index in [0.29, 0.717) is 10.6 Å². The molecule has 17 heavy (non-hydrogen) atoms. The Morgan fingerprint density at radius 2 is 2.12 bits per heavy atom. The number of hydrogen-bond acceptors (Lipinski definition) is 3. The Kier molecular flexibility index (Phi) is 6.18. The van der Waals surface area contributed by atoms with Gasteiger partial charge in [0, 0.05) is 23.4 Å². The standard InChI is InChI=1S/C11H13ClINO3/c1-16-10(17-2)6-14-11(15)7-3-4-9(13)8(12)5-7/h3-5,10H,6H2,1-2H3,(H,14,15). The number of rotatable bonds is 5. The average Bonchev–Trinajstić information content (AvgIpc) is 2.33. The van der Waals surface area contributed by atoms with Crippen molar-refractivity contribution in [3.8, 4) is 0 Å². The number of ether oxygens (including phenoxy) is 2. The smallest absolute Gasteiger partial charge is 0.251 e. The van der Waals surface area contributed by atoms with Crippen molar-refractivity contribution in [1.29, 1.82) is 0 Å². The van der Waals surface area contributed by atoms with Crippen LogP contribution in [0.5, 0.6) is 0 Å². The summed E-state index contributed by atoms with van der Waals surface area (Å²) in [6.45, 7) is 0.287. The Morgan fingerprint density at radius 3 is 2.65 bits per heavy atom. The highest BCUT2D eigenvalue weighted by molar-refractivity contribution is 14.1. The molecule has 0 heterocycles. The zero-order valence-electron chi connectivity index (χ0n) is 9.50. The molecule has 0 aliphatic carbocycles. The van der Waals surface area contributed by atoms with E-state index in [1.165, 1.54) is 14.2 Å². The SMILES string of the molecule is COC(CNC(=O)c1ccc(I)c(Cl)c1)OC. The van der Waals surface area contributed by atoms with Crippen molar-refractivity contribution < 1.29 is 14.3 Å². The Morgan fingerprint density at radius 1 is 1.47 bits per heavy atom. The predicted octanol–water partition coefficient (Wildman–Crippen LogP) is 2.29. The van der Waals surface area contributed by atoms with Crippen LogP contribution in [0.2, 0.25) is 5.02 Å². The average molecular weight is 370 g/mol. The van der Waals surface area contributed by atoms with E-state index >= 15 is 0 Å². The van der Waals surface area contributed by atoms with E-state index in [2.05, 4.69) is 27.9 Å². The molecule has 0 saturated carbocycles. The summed E-state index contributed by atoms with van der Waals surface area (Å²) in [6, 6.07) is 5.15. The third kappa shape index (κ3) is 4.42. The maximum atomic E-state index is 11.8. The normalized spacial score (nSPS) is 10.6. The monoisotopic (exact) mass is 369 g/mol. The quantitative estimate of drug-likeness (QED) is 0.640. The van der Waals surface area contributed by atoms with E-state index in [9.17, 15) is 4.79 Å². The molecule has 0 radical (unpaired) electrons. The zero-order chi connectivity index (χ0) is 12.8. The summed E-state index contributed by atoms with van der Waals surface area (Å²) in [5, 5.41) is 3.26. The molecular weight excluding hydrogens is 356 g/mol. The molecular formula is C11H13ClINO3. The van der Waals surface area contributed by atoms with Gasteiger partial charge in [-0.1, -0.05) is 11.6 Å². The third-order valence-electron chi connectivity index (χ3n) is 2.14. The number of halogens is 2. The summed E-state index contributed by atoms with van der Waals surface area (Å²) in [5.74, 6) is -0.206. The lowest BCUT2D eigenvalue weighted by atomic mass is 10.2. The first kappa shape index (κ1) is 14.7. The molecule has 0 aliphatic heterocycles. The maximum Gasteiger partial charge on any atom is 0.251 e. The van der Waals surface area contributed by atoms with Gasteiger partial charge >= 0.3 is 0 Å². The third-order valence-corrected chi connectivity index (χ3v) is 3.71. The summed E-state index contributed by atoms with van der Waals surface area (Å²) < 4.78 is 10.8. The van der Waals surface area contributed by atoms with Crippen LogP contribution in [-0.4, -0.2) is 33.0 Å². The maximum absolute atomic E-state index is 11.8. The highest BCUT2D eigenvalue weighted by Gasteiger charge is 2.10. The van der Waals surface area contributed by atoms with Crippen molar-refractivity contribution in [2.45, 2.75) is 6.29 Å². The lowest BCUT2D eigenvalue weighted by Gasteiger charge is -2.14. The van der Waals surface area contributed by atoms with Gasteiger partial charge in [0.1, 0.15) is 0 Å². The van der Waals surface area contributed by atoms with Crippen LogP contribution < -0.4 is 5.32 Å². The van der Waals surface area contributed by atoms with Crippen LogP contribution in [0.1, 0.15) is 10.4 Å². The number of carbonyl (C=O) groups excluding carboxylic acids is 1. The highest BCUT2D eigenvalue weighted by Crippen LogP contribution is 2.19. The molecule has 4 nitrogen and oxygen atoms in total. The fraction of sp³-hybridized carbons (Fsp3) is 0.364. The Bertz CT molecular complexity index is 396. The van der Waals surface area contributed by atoms with E-state index < -0.39 is 6.29 Å².